The molecule has 0 aliphatic carbocycles. The highest BCUT2D eigenvalue weighted by Crippen LogP contribution is 2.29. The number of nitrogens with one attached hydrogen (secondary N) is 1. The van der Waals surface area contributed by atoms with Crippen molar-refractivity contribution in [1.29, 1.82) is 0 Å². The molecule has 0 aromatic heterocycles. The molecule has 3 rings (SSSR count). The third kappa shape index (κ3) is 6.80. The summed E-state index contributed by atoms with van der Waals surface area (Å²) < 4.78 is 56.1. The quantitative estimate of drug-likeness (QED) is 0.344. The molecule has 1 saturated heterocycles. The summed E-state index contributed by atoms with van der Waals surface area (Å²) >= 11 is 11.7. The van der Waals surface area contributed by atoms with Crippen molar-refractivity contribution < 1.29 is 26.7 Å². The van der Waals surface area contributed by atoms with Gasteiger partial charge in [-0.15, -0.1) is 0 Å². The van der Waals surface area contributed by atoms with Crippen LogP contribution in [0, 0.1) is 0 Å². The van der Waals surface area contributed by atoms with Crippen molar-refractivity contribution in [3.05, 3.63) is 70.7 Å². The molecule has 1 fully saturated rings. The van der Waals surface area contributed by atoms with Gasteiger partial charge in [-0.25, -0.2) is 21.6 Å². The van der Waals surface area contributed by atoms with Gasteiger partial charge in [0.15, 0.2) is 0 Å². The minimum Gasteiger partial charge on any atom is -0.481 e. The number of halogens is 2. The molecule has 2 aromatic rings. The lowest BCUT2D eigenvalue weighted by atomic mass is 10.1. The minimum atomic E-state index is -3.94. The first-order chi connectivity index (χ1) is 16.0. The minimum absolute atomic E-state index is 0.00527. The number of hydrogen-bond donors (Lipinski definition) is 2. The molecule has 0 spiro atoms. The number of unbranched alkanes of at least 4 members (excludes halogenated alkanes) is 1. The van der Waals surface area contributed by atoms with Gasteiger partial charge in [0.05, 0.1) is 9.79 Å². The summed E-state index contributed by atoms with van der Waals surface area (Å²) in [4.78, 5) is 10.8. The van der Waals surface area contributed by atoms with Crippen molar-refractivity contribution in [1.82, 2.24) is 9.03 Å². The maximum Gasteiger partial charge on any atom is 0.303 e. The molecule has 1 heterocycles. The Labute approximate surface area is 209 Å². The lowest BCUT2D eigenvalue weighted by molar-refractivity contribution is -0.137. The zero-order chi connectivity index (χ0) is 24.9. The highest BCUT2D eigenvalue weighted by molar-refractivity contribution is 7.89. The SMILES string of the molecule is O=C(O)CCC/C=C\[C@@H]1C[C@@H](NS(=O)(=O)c2ccc(Cl)cc2)CN1S(=O)(=O)c1ccc(Cl)cc1. The van der Waals surface area contributed by atoms with Crippen LogP contribution >= 0.6 is 23.2 Å². The van der Waals surface area contributed by atoms with E-state index in [1.54, 1.807) is 12.2 Å². The third-order valence-electron chi connectivity index (χ3n) is 5.28. The summed E-state index contributed by atoms with van der Waals surface area (Å²) in [5, 5.41) is 9.57. The molecule has 12 heteroatoms. The number of carboxylic acids is 1. The van der Waals surface area contributed by atoms with Crippen LogP contribution in [0.5, 0.6) is 0 Å². The molecule has 0 unspecified atom stereocenters. The zero-order valence-corrected chi connectivity index (χ0v) is 21.1. The topological polar surface area (TPSA) is 121 Å². The van der Waals surface area contributed by atoms with Crippen molar-refractivity contribution in [2.24, 2.45) is 0 Å². The number of hydrogen-bond acceptors (Lipinski definition) is 5. The molecule has 0 amide bonds. The van der Waals surface area contributed by atoms with Crippen molar-refractivity contribution in [2.45, 2.75) is 47.6 Å². The van der Waals surface area contributed by atoms with Gasteiger partial charge in [0.25, 0.3) is 0 Å². The van der Waals surface area contributed by atoms with E-state index in [0.717, 1.165) is 0 Å². The van der Waals surface area contributed by atoms with Crippen LogP contribution in [0.25, 0.3) is 0 Å². The molecule has 34 heavy (non-hydrogen) atoms. The van der Waals surface area contributed by atoms with E-state index in [1.807, 2.05) is 0 Å². The lowest BCUT2D eigenvalue weighted by Gasteiger charge is -2.22. The Kier molecular flexibility index (Phi) is 8.77. The molecular formula is C22H24Cl2N2O6S2. The molecule has 0 saturated carbocycles. The van der Waals surface area contributed by atoms with Gasteiger partial charge in [-0.05, 0) is 67.8 Å². The maximum absolute atomic E-state index is 13.3. The van der Waals surface area contributed by atoms with E-state index < -0.39 is 38.1 Å². The Bertz CT molecular complexity index is 1250. The fraction of sp³-hybridized carbons (Fsp3) is 0.318. The fourth-order valence-corrected chi connectivity index (χ4v) is 6.77. The third-order valence-corrected chi connectivity index (χ3v) is 9.23. The van der Waals surface area contributed by atoms with Crippen LogP contribution < -0.4 is 4.72 Å². The normalized spacial score (nSPS) is 19.6. The van der Waals surface area contributed by atoms with Crippen LogP contribution in [0.2, 0.25) is 10.0 Å². The largest absolute Gasteiger partial charge is 0.481 e. The number of benzene rings is 2. The smallest absolute Gasteiger partial charge is 0.303 e. The Hall–Kier alpha value is -1.95. The van der Waals surface area contributed by atoms with E-state index in [4.69, 9.17) is 28.3 Å². The molecule has 0 radical (unpaired) electrons. The van der Waals surface area contributed by atoms with Crippen LogP contribution in [0.1, 0.15) is 25.7 Å². The second-order valence-corrected chi connectivity index (χ2v) is 12.3. The molecule has 0 bridgehead atoms. The number of carbonyl (C=O) groups is 1. The second-order valence-electron chi connectivity index (χ2n) is 7.82. The second kappa shape index (κ2) is 11.2. The number of sulfonamides is 2. The molecule has 2 N–H and O–H groups in total. The van der Waals surface area contributed by atoms with Crippen molar-refractivity contribution in [2.75, 3.05) is 6.54 Å². The van der Waals surface area contributed by atoms with Gasteiger partial charge in [0.1, 0.15) is 0 Å². The van der Waals surface area contributed by atoms with E-state index >= 15 is 0 Å². The van der Waals surface area contributed by atoms with Gasteiger partial charge in [0, 0.05) is 35.1 Å². The Morgan fingerprint density at radius 1 is 1.00 bits per heavy atom. The van der Waals surface area contributed by atoms with Gasteiger partial charge in [-0.3, -0.25) is 4.79 Å². The van der Waals surface area contributed by atoms with Crippen LogP contribution in [0.3, 0.4) is 0 Å². The van der Waals surface area contributed by atoms with Gasteiger partial charge >= 0.3 is 5.97 Å². The highest BCUT2D eigenvalue weighted by atomic mass is 35.5. The monoisotopic (exact) mass is 546 g/mol. The van der Waals surface area contributed by atoms with Gasteiger partial charge in [0.2, 0.25) is 20.0 Å². The summed E-state index contributed by atoms with van der Waals surface area (Å²) in [5.74, 6) is -0.905. The number of aliphatic carboxylic acids is 1. The Morgan fingerprint density at radius 3 is 2.12 bits per heavy atom. The maximum atomic E-state index is 13.3. The van der Waals surface area contributed by atoms with E-state index in [1.165, 1.54) is 52.8 Å². The first kappa shape index (κ1) is 26.7. The summed E-state index contributed by atoms with van der Waals surface area (Å²) in [7, 11) is -7.84. The number of carboxylic acid groups (broad SMARTS) is 1. The van der Waals surface area contributed by atoms with E-state index in [0.29, 0.717) is 22.9 Å². The summed E-state index contributed by atoms with van der Waals surface area (Å²) in [6.45, 7) is -0.0675. The van der Waals surface area contributed by atoms with E-state index in [2.05, 4.69) is 4.72 Å². The van der Waals surface area contributed by atoms with Crippen molar-refractivity contribution >= 4 is 49.2 Å². The Morgan fingerprint density at radius 2 is 1.56 bits per heavy atom. The van der Waals surface area contributed by atoms with Crippen LogP contribution in [0.15, 0.2) is 70.5 Å². The zero-order valence-electron chi connectivity index (χ0n) is 18.0. The van der Waals surface area contributed by atoms with Gasteiger partial charge in [-0.2, -0.15) is 4.31 Å². The standard InChI is InChI=1S/C22H24Cl2N2O6S2/c23-16-6-10-20(11-7-16)33(29,30)25-18-14-19(4-2-1-3-5-22(27)28)26(15-18)34(31,32)21-12-8-17(24)9-13-21/h2,4,6-13,18-19,25H,1,3,5,14-15H2,(H,27,28)/b4-2-/t18-,19-/m1/s1. The number of rotatable bonds is 10. The number of nitrogens with zero attached hydrogens (tertiary/aromatic N) is 1. The van der Waals surface area contributed by atoms with Crippen LogP contribution in [-0.2, 0) is 24.8 Å². The summed E-state index contributed by atoms with van der Waals surface area (Å²) in [6.07, 6.45) is 4.51. The molecule has 184 valence electrons. The fourth-order valence-electron chi connectivity index (χ4n) is 3.64. The molecular weight excluding hydrogens is 523 g/mol. The predicted octanol–water partition coefficient (Wildman–Crippen LogP) is 3.91. The molecule has 8 nitrogen and oxygen atoms in total. The molecule has 2 atom stereocenters. The van der Waals surface area contributed by atoms with Crippen molar-refractivity contribution in [3.8, 4) is 0 Å². The van der Waals surface area contributed by atoms with Crippen LogP contribution in [0.4, 0.5) is 0 Å². The molecule has 2 aromatic carbocycles. The Balaban J connectivity index is 1.82. The first-order valence-corrected chi connectivity index (χ1v) is 14.1. The van der Waals surface area contributed by atoms with Crippen molar-refractivity contribution in [3.63, 3.8) is 0 Å². The highest BCUT2D eigenvalue weighted by Gasteiger charge is 2.40. The molecule has 1 aliphatic heterocycles. The lowest BCUT2D eigenvalue weighted by Crippen LogP contribution is -2.39. The average Bonchev–Trinajstić information content (AvgIpc) is 3.16. The van der Waals surface area contributed by atoms with E-state index in [9.17, 15) is 21.6 Å². The summed E-state index contributed by atoms with van der Waals surface area (Å²) in [6, 6.07) is 10.1. The first-order valence-electron chi connectivity index (χ1n) is 10.4. The molecule has 1 aliphatic rings. The van der Waals surface area contributed by atoms with Gasteiger partial charge in [-0.1, -0.05) is 35.4 Å². The predicted molar refractivity (Wildman–Crippen MR) is 130 cm³/mol. The number of allylic oxidation sites excluding steroid dienone is 1. The van der Waals surface area contributed by atoms with Crippen LogP contribution in [-0.4, -0.2) is 50.8 Å². The summed E-state index contributed by atoms with van der Waals surface area (Å²) in [5.41, 5.74) is 0. The van der Waals surface area contributed by atoms with E-state index in [-0.39, 0.29) is 29.2 Å². The van der Waals surface area contributed by atoms with Gasteiger partial charge < -0.3 is 5.11 Å². The average molecular weight is 547 g/mol.